The lowest BCUT2D eigenvalue weighted by Crippen LogP contribution is -2.47. The van der Waals surface area contributed by atoms with Gasteiger partial charge in [0.15, 0.2) is 0 Å². The molecule has 1 fully saturated rings. The zero-order chi connectivity index (χ0) is 22.5. The van der Waals surface area contributed by atoms with Crippen molar-refractivity contribution in [2.24, 2.45) is 5.92 Å². The van der Waals surface area contributed by atoms with Gasteiger partial charge in [0.2, 0.25) is 5.88 Å². The highest BCUT2D eigenvalue weighted by Gasteiger charge is 2.32. The fourth-order valence-corrected chi connectivity index (χ4v) is 2.99. The van der Waals surface area contributed by atoms with Gasteiger partial charge in [-0.05, 0) is 31.2 Å². The average molecular weight is 440 g/mol. The van der Waals surface area contributed by atoms with E-state index in [0.717, 1.165) is 11.3 Å². The number of hydrogen-bond donors (Lipinski definition) is 1. The van der Waals surface area contributed by atoms with Crippen LogP contribution < -0.4 is 10.5 Å². The van der Waals surface area contributed by atoms with E-state index in [1.54, 1.807) is 29.2 Å². The molecule has 2 heterocycles. The van der Waals surface area contributed by atoms with Crippen molar-refractivity contribution in [1.29, 1.82) is 0 Å². The van der Waals surface area contributed by atoms with Crippen molar-refractivity contribution in [1.82, 2.24) is 9.88 Å². The molecule has 1 amide bonds. The van der Waals surface area contributed by atoms with Gasteiger partial charge in [-0.1, -0.05) is 13.0 Å². The van der Waals surface area contributed by atoms with E-state index in [2.05, 4.69) is 10.7 Å². The quantitative estimate of drug-likeness (QED) is 0.720. The minimum Gasteiger partial charge on any atom is -0.748 e. The van der Waals surface area contributed by atoms with Gasteiger partial charge in [0.05, 0.1) is 23.2 Å². The molecule has 0 spiro atoms. The van der Waals surface area contributed by atoms with E-state index < -0.39 is 16.3 Å². The van der Waals surface area contributed by atoms with Crippen LogP contribution in [0.25, 0.3) is 0 Å². The summed E-state index contributed by atoms with van der Waals surface area (Å²) in [5.74, 6) is 0.707. The zero-order valence-electron chi connectivity index (χ0n) is 17.2. The number of nitrogens with zero attached hydrogens (tertiary/aromatic N) is 2. The Bertz CT molecular complexity index is 982. The van der Waals surface area contributed by atoms with Crippen LogP contribution in [0.5, 0.6) is 11.6 Å². The Kier molecular flexibility index (Phi) is 7.88. The van der Waals surface area contributed by atoms with E-state index in [4.69, 9.17) is 17.7 Å². The van der Waals surface area contributed by atoms with Crippen LogP contribution in [-0.2, 0) is 16.7 Å². The summed E-state index contributed by atoms with van der Waals surface area (Å²) in [6.45, 7) is 4.96. The highest BCUT2D eigenvalue weighted by molar-refractivity contribution is 7.84. The predicted molar refractivity (Wildman–Crippen MR) is 108 cm³/mol. The average Bonchev–Trinajstić information content (AvgIpc) is 2.98. The van der Waals surface area contributed by atoms with Crippen LogP contribution in [0.4, 0.5) is 4.39 Å². The molecule has 1 aliphatic heterocycles. The first-order valence-corrected chi connectivity index (χ1v) is 11.2. The summed E-state index contributed by atoms with van der Waals surface area (Å²) in [7, 11) is -3.92. The Morgan fingerprint density at radius 2 is 2.00 bits per heavy atom. The number of carbonyl (C=O) groups excluding carboxylic acids is 1. The number of quaternary nitrogens is 1. The molecule has 30 heavy (non-hydrogen) atoms. The lowest BCUT2D eigenvalue weighted by molar-refractivity contribution is -0.386. The normalized spacial score (nSPS) is 18.5. The molecule has 1 aromatic heterocycles. The third kappa shape index (κ3) is 7.36. The molecule has 164 valence electrons. The minimum atomic E-state index is -3.92. The number of benzene rings is 1. The van der Waals surface area contributed by atoms with E-state index >= 15 is 0 Å². The topological polar surface area (TPSA) is 127 Å². The maximum Gasteiger partial charge on any atom is 0.254 e. The Morgan fingerprint density at radius 1 is 1.33 bits per heavy atom. The first kappa shape index (κ1) is 23.7. The number of ether oxygens (including phenoxy) is 1. The number of likely N-dealkylation sites (tertiary alicyclic amines) is 1. The summed E-state index contributed by atoms with van der Waals surface area (Å²) < 4.78 is 46.7. The molecule has 0 aliphatic carbocycles. The van der Waals surface area contributed by atoms with Crippen LogP contribution in [0, 0.1) is 12.8 Å². The standard InChI is InChI=1S/C19H22FN3O2.CH4O3S/c1-12-10-23(11-17(12)20)19(24)15-4-3-5-16(8-15)25-18-7-14(9-21)6-13(2)22-18;1-5(2,3)4/h3-8,12,17H,9-11,21H2,1-2H3;1H3,(H,2,3,4)/t12-,17-;/m1./s1. The minimum absolute atomic E-state index is 0.124. The molecule has 1 aromatic carbocycles. The fourth-order valence-electron chi connectivity index (χ4n) is 2.99. The van der Waals surface area contributed by atoms with Gasteiger partial charge in [0, 0.05) is 41.6 Å². The second-order valence-electron chi connectivity index (χ2n) is 7.24. The van der Waals surface area contributed by atoms with Crippen LogP contribution in [0.3, 0.4) is 0 Å². The van der Waals surface area contributed by atoms with Crippen molar-refractivity contribution >= 4 is 16.0 Å². The van der Waals surface area contributed by atoms with E-state index in [0.29, 0.717) is 36.5 Å². The summed E-state index contributed by atoms with van der Waals surface area (Å²) >= 11 is 0. The van der Waals surface area contributed by atoms with Crippen LogP contribution in [0.2, 0.25) is 0 Å². The Labute approximate surface area is 175 Å². The maximum absolute atomic E-state index is 13.7. The molecule has 0 bridgehead atoms. The summed E-state index contributed by atoms with van der Waals surface area (Å²) in [6, 6.07) is 10.7. The monoisotopic (exact) mass is 439 g/mol. The molecule has 1 saturated heterocycles. The zero-order valence-corrected chi connectivity index (χ0v) is 18.0. The van der Waals surface area contributed by atoms with Gasteiger partial charge in [-0.15, -0.1) is 0 Å². The molecule has 8 nitrogen and oxygen atoms in total. The maximum atomic E-state index is 13.7. The van der Waals surface area contributed by atoms with Gasteiger partial charge in [-0.3, -0.25) is 4.79 Å². The first-order chi connectivity index (χ1) is 14.0. The van der Waals surface area contributed by atoms with Gasteiger partial charge in [0.25, 0.3) is 5.91 Å². The molecule has 2 atom stereocenters. The third-order valence-electron chi connectivity index (χ3n) is 4.39. The number of pyridine rings is 1. The molecular weight excluding hydrogens is 413 g/mol. The molecule has 1 aliphatic rings. The van der Waals surface area contributed by atoms with E-state index in [9.17, 15) is 9.18 Å². The van der Waals surface area contributed by atoms with E-state index in [1.807, 2.05) is 26.0 Å². The molecule has 3 rings (SSSR count). The first-order valence-electron chi connectivity index (χ1n) is 9.35. The molecule has 3 N–H and O–H groups in total. The lowest BCUT2D eigenvalue weighted by Gasteiger charge is -2.16. The second kappa shape index (κ2) is 9.96. The van der Waals surface area contributed by atoms with Gasteiger partial charge in [-0.25, -0.2) is 17.8 Å². The van der Waals surface area contributed by atoms with Crippen molar-refractivity contribution in [3.05, 3.63) is 53.2 Å². The summed E-state index contributed by atoms with van der Waals surface area (Å²) in [5.41, 5.74) is 6.25. The van der Waals surface area contributed by atoms with E-state index in [-0.39, 0.29) is 18.4 Å². The largest absolute Gasteiger partial charge is 0.748 e. The van der Waals surface area contributed by atoms with Gasteiger partial charge < -0.3 is 19.9 Å². The smallest absolute Gasteiger partial charge is 0.254 e. The molecule has 0 unspecified atom stereocenters. The summed E-state index contributed by atoms with van der Waals surface area (Å²) in [4.78, 5) is 18.5. The van der Waals surface area contributed by atoms with Crippen LogP contribution in [0.1, 0.15) is 28.5 Å². The number of alkyl halides is 1. The van der Waals surface area contributed by atoms with Crippen molar-refractivity contribution < 1.29 is 32.6 Å². The number of aryl methyl sites for hydroxylation is 1. The van der Waals surface area contributed by atoms with Crippen molar-refractivity contribution in [2.45, 2.75) is 26.6 Å². The van der Waals surface area contributed by atoms with Gasteiger partial charge >= 0.3 is 0 Å². The summed E-state index contributed by atoms with van der Waals surface area (Å²) in [6.07, 6.45) is -0.353. The van der Waals surface area contributed by atoms with Crippen molar-refractivity contribution in [3.8, 4) is 11.6 Å². The van der Waals surface area contributed by atoms with Crippen LogP contribution >= 0.6 is 0 Å². The number of amides is 1. The number of carbonyl (C=O) groups is 1. The predicted octanol–water partition coefficient (Wildman–Crippen LogP) is 1.52. The number of halogens is 1. The van der Waals surface area contributed by atoms with Crippen molar-refractivity contribution in [3.63, 3.8) is 0 Å². The SMILES string of the molecule is CS(=O)(=O)[O-].Cc1cc(C[NH3+])cc(Oc2cccc(C(=O)N3C[C@@H](C)[C@H](F)C3)c2)n1. The molecule has 0 radical (unpaired) electrons. The Morgan fingerprint density at radius 3 is 2.57 bits per heavy atom. The Hall–Kier alpha value is -2.56. The number of aromatic nitrogens is 1. The molecule has 10 heteroatoms. The van der Waals surface area contributed by atoms with Crippen LogP contribution in [-0.4, -0.2) is 54.3 Å². The number of rotatable bonds is 4. The second-order valence-corrected chi connectivity index (χ2v) is 8.65. The molecule has 2 aromatic rings. The summed E-state index contributed by atoms with van der Waals surface area (Å²) in [5, 5.41) is 0. The molecule has 0 saturated carbocycles. The van der Waals surface area contributed by atoms with Crippen molar-refractivity contribution in [2.75, 3.05) is 19.3 Å². The van der Waals surface area contributed by atoms with E-state index in [1.165, 1.54) is 0 Å². The third-order valence-corrected chi connectivity index (χ3v) is 4.39. The fraction of sp³-hybridized carbons (Fsp3) is 0.400. The van der Waals surface area contributed by atoms with Crippen LogP contribution in [0.15, 0.2) is 36.4 Å². The molecular formula is C20H26FN3O5S. The lowest BCUT2D eigenvalue weighted by atomic mass is 10.1. The highest BCUT2D eigenvalue weighted by atomic mass is 32.2. The highest BCUT2D eigenvalue weighted by Crippen LogP contribution is 2.25. The Balaban J connectivity index is 0.000000575. The van der Waals surface area contributed by atoms with Gasteiger partial charge in [-0.2, -0.15) is 0 Å². The number of hydrogen-bond acceptors (Lipinski definition) is 6. The van der Waals surface area contributed by atoms with Gasteiger partial charge in [0.1, 0.15) is 11.9 Å².